The molecule has 2 N–H and O–H groups in total. The van der Waals surface area contributed by atoms with Gasteiger partial charge in [0, 0.05) is 19.2 Å². The van der Waals surface area contributed by atoms with E-state index < -0.39 is 11.6 Å². The molecule has 0 radical (unpaired) electrons. The van der Waals surface area contributed by atoms with E-state index in [9.17, 15) is 8.78 Å². The van der Waals surface area contributed by atoms with Crippen LogP contribution in [0.2, 0.25) is 0 Å². The van der Waals surface area contributed by atoms with E-state index in [0.29, 0.717) is 31.0 Å². The number of unbranched alkanes of at least 4 members (excludes halogenated alkanes) is 2. The Morgan fingerprint density at radius 1 is 1.15 bits per heavy atom. The Labute approximate surface area is 117 Å². The molecule has 2 rings (SSSR count). The van der Waals surface area contributed by atoms with E-state index in [1.807, 2.05) is 0 Å². The summed E-state index contributed by atoms with van der Waals surface area (Å²) < 4.78 is 32.7. The number of aliphatic hydroxyl groups excluding tert-OH is 1. The third kappa shape index (κ3) is 4.72. The number of hydrogen-bond acceptors (Lipinski definition) is 3. The van der Waals surface area contributed by atoms with E-state index in [2.05, 4.69) is 5.32 Å². The van der Waals surface area contributed by atoms with Gasteiger partial charge in [0.15, 0.2) is 17.4 Å². The minimum atomic E-state index is -0.653. The van der Waals surface area contributed by atoms with Gasteiger partial charge in [0.2, 0.25) is 0 Å². The lowest BCUT2D eigenvalue weighted by Crippen LogP contribution is -2.15. The molecule has 0 saturated heterocycles. The number of nitrogens with one attached hydrogen (secondary N) is 1. The van der Waals surface area contributed by atoms with Crippen LogP contribution in [0.25, 0.3) is 0 Å². The van der Waals surface area contributed by atoms with E-state index >= 15 is 0 Å². The van der Waals surface area contributed by atoms with E-state index in [4.69, 9.17) is 9.84 Å². The predicted octanol–water partition coefficient (Wildman–Crippen LogP) is 2.76. The highest BCUT2D eigenvalue weighted by Crippen LogP contribution is 2.25. The maximum Gasteiger partial charge on any atom is 0.190 e. The molecule has 1 aromatic rings. The maximum absolute atomic E-state index is 13.8. The molecule has 20 heavy (non-hydrogen) atoms. The van der Waals surface area contributed by atoms with E-state index in [1.165, 1.54) is 12.1 Å². The number of benzene rings is 1. The molecule has 3 nitrogen and oxygen atoms in total. The summed E-state index contributed by atoms with van der Waals surface area (Å²) in [7, 11) is 0. The summed E-state index contributed by atoms with van der Waals surface area (Å²) in [4.78, 5) is 0. The molecular weight excluding hydrogens is 264 g/mol. The maximum atomic E-state index is 13.8. The van der Waals surface area contributed by atoms with Crippen LogP contribution in [0.3, 0.4) is 0 Å². The van der Waals surface area contributed by atoms with Crippen LogP contribution in [0.4, 0.5) is 8.78 Å². The Hall–Kier alpha value is -1.20. The van der Waals surface area contributed by atoms with Gasteiger partial charge < -0.3 is 15.2 Å². The molecule has 0 atom stereocenters. The molecule has 0 unspecified atom stereocenters. The fraction of sp³-hybridized carbons (Fsp3) is 0.600. The van der Waals surface area contributed by atoms with E-state index in [1.54, 1.807) is 0 Å². The van der Waals surface area contributed by atoms with Gasteiger partial charge in [-0.2, -0.15) is 0 Å². The quantitative estimate of drug-likeness (QED) is 0.686. The fourth-order valence-corrected chi connectivity index (χ4v) is 1.97. The molecule has 1 aliphatic carbocycles. The lowest BCUT2D eigenvalue weighted by Gasteiger charge is -2.10. The highest BCUT2D eigenvalue weighted by molar-refractivity contribution is 5.31. The Bertz CT molecular complexity index is 413. The Morgan fingerprint density at radius 3 is 2.45 bits per heavy atom. The first kappa shape index (κ1) is 15.2. The first-order valence-corrected chi connectivity index (χ1v) is 7.15. The number of ether oxygens (including phenoxy) is 1. The average molecular weight is 285 g/mol. The molecule has 1 fully saturated rings. The van der Waals surface area contributed by atoms with Crippen molar-refractivity contribution < 1.29 is 18.6 Å². The Kier molecular flexibility index (Phi) is 5.73. The molecule has 1 aromatic carbocycles. The second-order valence-electron chi connectivity index (χ2n) is 5.18. The molecule has 1 saturated carbocycles. The van der Waals surface area contributed by atoms with Crippen molar-refractivity contribution in [2.24, 2.45) is 0 Å². The summed E-state index contributed by atoms with van der Waals surface area (Å²) in [6.07, 6.45) is 4.41. The number of rotatable bonds is 9. The molecule has 5 heteroatoms. The van der Waals surface area contributed by atoms with Crippen LogP contribution >= 0.6 is 0 Å². The summed E-state index contributed by atoms with van der Waals surface area (Å²) in [6, 6.07) is 3.15. The number of halogens is 2. The minimum Gasteiger partial charge on any atom is -0.488 e. The van der Waals surface area contributed by atoms with Crippen molar-refractivity contribution in [1.82, 2.24) is 5.32 Å². The van der Waals surface area contributed by atoms with Gasteiger partial charge in [-0.1, -0.05) is 0 Å². The molecule has 0 spiro atoms. The Morgan fingerprint density at radius 2 is 1.85 bits per heavy atom. The van der Waals surface area contributed by atoms with E-state index in [-0.39, 0.29) is 19.0 Å². The summed E-state index contributed by atoms with van der Waals surface area (Å²) in [5.41, 5.74) is 0.597. The average Bonchev–Trinajstić information content (AvgIpc) is 3.23. The highest BCUT2D eigenvalue weighted by Gasteiger charge is 2.20. The van der Waals surface area contributed by atoms with Crippen molar-refractivity contribution in [3.8, 4) is 5.75 Å². The molecule has 112 valence electrons. The van der Waals surface area contributed by atoms with E-state index in [0.717, 1.165) is 19.3 Å². The van der Waals surface area contributed by atoms with Gasteiger partial charge in [-0.15, -0.1) is 0 Å². The van der Waals surface area contributed by atoms with Crippen LogP contribution in [0, 0.1) is 11.6 Å². The van der Waals surface area contributed by atoms with Crippen LogP contribution in [-0.2, 0) is 6.54 Å². The molecule has 0 amide bonds. The van der Waals surface area contributed by atoms with Gasteiger partial charge >= 0.3 is 0 Å². The zero-order valence-electron chi connectivity index (χ0n) is 11.5. The first-order valence-electron chi connectivity index (χ1n) is 7.15. The predicted molar refractivity (Wildman–Crippen MR) is 72.7 cm³/mol. The molecule has 0 heterocycles. The van der Waals surface area contributed by atoms with Gasteiger partial charge in [0.25, 0.3) is 0 Å². The van der Waals surface area contributed by atoms with Gasteiger partial charge in [-0.05, 0) is 49.8 Å². The van der Waals surface area contributed by atoms with Crippen molar-refractivity contribution in [3.05, 3.63) is 29.3 Å². The van der Waals surface area contributed by atoms with Crippen molar-refractivity contribution >= 4 is 0 Å². The van der Waals surface area contributed by atoms with Gasteiger partial charge in [0.05, 0.1) is 6.61 Å². The van der Waals surface area contributed by atoms with Crippen LogP contribution < -0.4 is 10.1 Å². The number of hydrogen-bond donors (Lipinski definition) is 2. The zero-order valence-corrected chi connectivity index (χ0v) is 11.5. The lowest BCUT2D eigenvalue weighted by molar-refractivity contribution is 0.255. The topological polar surface area (TPSA) is 41.5 Å². The van der Waals surface area contributed by atoms with Gasteiger partial charge in [0.1, 0.15) is 0 Å². The summed E-state index contributed by atoms with van der Waals surface area (Å²) >= 11 is 0. The lowest BCUT2D eigenvalue weighted by atomic mass is 10.2. The smallest absolute Gasteiger partial charge is 0.190 e. The normalized spacial score (nSPS) is 14.6. The standard InChI is InChI=1S/C15H21F2NO2/c16-13-8-11(10-18-12-4-5-12)9-14(17)15(13)20-7-3-1-2-6-19/h8-9,12,18-19H,1-7,10H2. The third-order valence-electron chi connectivity index (χ3n) is 3.28. The number of aliphatic hydroxyl groups is 1. The zero-order chi connectivity index (χ0) is 14.4. The highest BCUT2D eigenvalue weighted by atomic mass is 19.1. The summed E-state index contributed by atoms with van der Waals surface area (Å²) in [6.45, 7) is 0.869. The van der Waals surface area contributed by atoms with Crippen molar-refractivity contribution in [2.75, 3.05) is 13.2 Å². The van der Waals surface area contributed by atoms with Gasteiger partial charge in [-0.3, -0.25) is 0 Å². The SMILES string of the molecule is OCCCCCOc1c(F)cc(CNC2CC2)cc1F. The Balaban J connectivity index is 1.84. The second-order valence-corrected chi connectivity index (χ2v) is 5.18. The van der Waals surface area contributed by atoms with Crippen LogP contribution in [0.15, 0.2) is 12.1 Å². The largest absolute Gasteiger partial charge is 0.488 e. The molecule has 1 aliphatic rings. The molecule has 0 aliphatic heterocycles. The molecular formula is C15H21F2NO2. The monoisotopic (exact) mass is 285 g/mol. The second kappa shape index (κ2) is 7.55. The molecule has 0 bridgehead atoms. The van der Waals surface area contributed by atoms with Crippen LogP contribution in [0.1, 0.15) is 37.7 Å². The summed E-state index contributed by atoms with van der Waals surface area (Å²) in [5.74, 6) is -1.61. The molecule has 0 aromatic heterocycles. The summed E-state index contributed by atoms with van der Waals surface area (Å²) in [5, 5.41) is 11.8. The van der Waals surface area contributed by atoms with Crippen LogP contribution in [0.5, 0.6) is 5.75 Å². The first-order chi connectivity index (χ1) is 9.70. The van der Waals surface area contributed by atoms with Crippen LogP contribution in [-0.4, -0.2) is 24.4 Å². The van der Waals surface area contributed by atoms with Crippen molar-refractivity contribution in [2.45, 2.75) is 44.7 Å². The third-order valence-corrected chi connectivity index (χ3v) is 3.28. The van der Waals surface area contributed by atoms with Crippen molar-refractivity contribution in [1.29, 1.82) is 0 Å². The fourth-order valence-electron chi connectivity index (χ4n) is 1.97. The van der Waals surface area contributed by atoms with Crippen molar-refractivity contribution in [3.63, 3.8) is 0 Å². The minimum absolute atomic E-state index is 0.130. The van der Waals surface area contributed by atoms with Gasteiger partial charge in [-0.25, -0.2) is 8.78 Å².